The van der Waals surface area contributed by atoms with E-state index in [-0.39, 0.29) is 16.8 Å². The van der Waals surface area contributed by atoms with E-state index in [0.29, 0.717) is 0 Å². The van der Waals surface area contributed by atoms with E-state index in [1.807, 2.05) is 0 Å². The Hall–Kier alpha value is -1.06. The first-order chi connectivity index (χ1) is 6.36. The lowest BCUT2D eigenvalue weighted by Crippen LogP contribution is -2.11. The van der Waals surface area contributed by atoms with E-state index in [4.69, 9.17) is 16.0 Å². The first-order valence-electron chi connectivity index (χ1n) is 3.30. The Morgan fingerprint density at radius 2 is 1.71 bits per heavy atom. The van der Waals surface area contributed by atoms with Crippen LogP contribution in [0.2, 0.25) is 0 Å². The third-order valence-electron chi connectivity index (χ3n) is 1.34. The van der Waals surface area contributed by atoms with Gasteiger partial charge in [-0.1, -0.05) is 11.8 Å². The minimum atomic E-state index is -4.47. The number of anilines is 2. The minimum absolute atomic E-state index is 0.243. The van der Waals surface area contributed by atoms with E-state index in [1.165, 1.54) is 0 Å². The van der Waals surface area contributed by atoms with E-state index in [0.717, 1.165) is 11.8 Å². The van der Waals surface area contributed by atoms with Gasteiger partial charge in [0.1, 0.15) is 0 Å². The first kappa shape index (κ1) is 11.0. The molecule has 0 radical (unpaired) electrons. The zero-order valence-electron chi connectivity index (χ0n) is 7.13. The van der Waals surface area contributed by atoms with Crippen molar-refractivity contribution >= 4 is 33.5 Å². The van der Waals surface area contributed by atoms with Crippen molar-refractivity contribution in [3.05, 3.63) is 0 Å². The molecule has 0 aliphatic rings. The van der Waals surface area contributed by atoms with Crippen molar-refractivity contribution in [1.82, 2.24) is 9.97 Å². The molecule has 0 bridgehead atoms. The van der Waals surface area contributed by atoms with Gasteiger partial charge in [0, 0.05) is 0 Å². The van der Waals surface area contributed by atoms with Crippen LogP contribution in [0.4, 0.5) is 11.6 Å². The van der Waals surface area contributed by atoms with Crippen molar-refractivity contribution in [2.75, 3.05) is 17.7 Å². The molecule has 0 atom stereocenters. The van der Waals surface area contributed by atoms with Crippen LogP contribution in [0.25, 0.3) is 0 Å². The van der Waals surface area contributed by atoms with Crippen LogP contribution in [-0.4, -0.2) is 29.2 Å². The number of aromatic nitrogens is 2. The van der Waals surface area contributed by atoms with Gasteiger partial charge in [-0.15, -0.1) is 0 Å². The van der Waals surface area contributed by atoms with Gasteiger partial charge in [-0.25, -0.2) is 9.97 Å². The predicted molar refractivity (Wildman–Crippen MR) is 52.5 cm³/mol. The SMILES string of the molecule is CSc1nc(N)c(S(=O)(=O)O)c(N)n1. The predicted octanol–water partition coefficient (Wildman–Crippen LogP) is -0.390. The number of rotatable bonds is 2. The summed E-state index contributed by atoms with van der Waals surface area (Å²) in [5.41, 5.74) is 10.6. The molecule has 0 saturated heterocycles. The Bertz CT molecular complexity index is 435. The second kappa shape index (κ2) is 3.59. The van der Waals surface area contributed by atoms with E-state index < -0.39 is 15.0 Å². The molecule has 14 heavy (non-hydrogen) atoms. The van der Waals surface area contributed by atoms with Crippen LogP contribution in [-0.2, 0) is 10.1 Å². The maximum atomic E-state index is 10.8. The molecule has 1 rings (SSSR count). The summed E-state index contributed by atoms with van der Waals surface area (Å²) >= 11 is 1.16. The monoisotopic (exact) mass is 236 g/mol. The van der Waals surface area contributed by atoms with Gasteiger partial charge in [-0.05, 0) is 6.26 Å². The number of nitrogens with two attached hydrogens (primary N) is 2. The molecule has 0 fully saturated rings. The van der Waals surface area contributed by atoms with Crippen molar-refractivity contribution in [3.8, 4) is 0 Å². The number of hydrogen-bond donors (Lipinski definition) is 3. The molecule has 78 valence electrons. The molecule has 0 aliphatic heterocycles. The molecule has 0 amide bonds. The van der Waals surface area contributed by atoms with Gasteiger partial charge in [-0.2, -0.15) is 8.42 Å². The number of thioether (sulfide) groups is 1. The summed E-state index contributed by atoms with van der Waals surface area (Å²) in [6.45, 7) is 0. The van der Waals surface area contributed by atoms with Crippen LogP contribution in [0, 0.1) is 0 Å². The largest absolute Gasteiger partial charge is 0.382 e. The molecule has 0 aliphatic carbocycles. The van der Waals surface area contributed by atoms with E-state index >= 15 is 0 Å². The van der Waals surface area contributed by atoms with Gasteiger partial charge >= 0.3 is 10.1 Å². The average molecular weight is 236 g/mol. The second-order valence-electron chi connectivity index (χ2n) is 2.28. The van der Waals surface area contributed by atoms with Crippen molar-refractivity contribution in [2.45, 2.75) is 10.1 Å². The molecule has 1 heterocycles. The fourth-order valence-corrected chi connectivity index (χ4v) is 1.82. The highest BCUT2D eigenvalue weighted by Gasteiger charge is 2.21. The molecule has 0 spiro atoms. The molecule has 7 nitrogen and oxygen atoms in total. The van der Waals surface area contributed by atoms with Crippen molar-refractivity contribution in [2.24, 2.45) is 0 Å². The van der Waals surface area contributed by atoms with Crippen LogP contribution in [0.3, 0.4) is 0 Å². The molecular weight excluding hydrogens is 228 g/mol. The van der Waals surface area contributed by atoms with Crippen LogP contribution in [0.1, 0.15) is 0 Å². The highest BCUT2D eigenvalue weighted by Crippen LogP contribution is 2.24. The zero-order chi connectivity index (χ0) is 10.9. The number of nitrogen functional groups attached to an aromatic ring is 2. The summed E-state index contributed by atoms with van der Waals surface area (Å²) < 4.78 is 30.3. The maximum absolute atomic E-state index is 10.8. The summed E-state index contributed by atoms with van der Waals surface area (Å²) in [5.74, 6) is -0.714. The summed E-state index contributed by atoms with van der Waals surface area (Å²) in [7, 11) is -4.47. The summed E-state index contributed by atoms with van der Waals surface area (Å²) in [6.07, 6.45) is 1.68. The summed E-state index contributed by atoms with van der Waals surface area (Å²) in [5, 5.41) is 0.243. The fraction of sp³-hybridized carbons (Fsp3) is 0.200. The van der Waals surface area contributed by atoms with E-state index in [1.54, 1.807) is 6.26 Å². The lowest BCUT2D eigenvalue weighted by molar-refractivity contribution is 0.483. The Morgan fingerprint density at radius 3 is 2.00 bits per heavy atom. The number of nitrogens with zero attached hydrogens (tertiary/aromatic N) is 2. The Labute approximate surface area is 84.7 Å². The van der Waals surface area contributed by atoms with Crippen molar-refractivity contribution in [1.29, 1.82) is 0 Å². The standard InChI is InChI=1S/C5H8N4O3S2/c1-13-5-8-3(6)2(4(7)9-5)14(10,11)12/h1H3,(H,10,11,12)(H4,6,7,8,9). The quantitative estimate of drug-likeness (QED) is 0.359. The smallest absolute Gasteiger partial charge is 0.301 e. The Kier molecular flexibility index (Phi) is 2.83. The van der Waals surface area contributed by atoms with Crippen LogP contribution >= 0.6 is 11.8 Å². The highest BCUT2D eigenvalue weighted by atomic mass is 32.2. The fourth-order valence-electron chi connectivity index (χ4n) is 0.819. The lowest BCUT2D eigenvalue weighted by atomic mass is 10.5. The van der Waals surface area contributed by atoms with Crippen LogP contribution in [0.5, 0.6) is 0 Å². The van der Waals surface area contributed by atoms with Gasteiger partial charge in [0.05, 0.1) is 0 Å². The third kappa shape index (κ3) is 2.05. The number of hydrogen-bond acceptors (Lipinski definition) is 7. The average Bonchev–Trinajstić information content (AvgIpc) is 1.99. The first-order valence-corrected chi connectivity index (χ1v) is 5.97. The van der Waals surface area contributed by atoms with Crippen molar-refractivity contribution < 1.29 is 13.0 Å². The van der Waals surface area contributed by atoms with E-state index in [9.17, 15) is 8.42 Å². The van der Waals surface area contributed by atoms with Gasteiger partial charge in [0.25, 0.3) is 0 Å². The van der Waals surface area contributed by atoms with Crippen LogP contribution < -0.4 is 11.5 Å². The minimum Gasteiger partial charge on any atom is -0.382 e. The Morgan fingerprint density at radius 1 is 1.29 bits per heavy atom. The van der Waals surface area contributed by atoms with Gasteiger partial charge in [0.2, 0.25) is 0 Å². The lowest BCUT2D eigenvalue weighted by Gasteiger charge is -2.05. The second-order valence-corrected chi connectivity index (χ2v) is 4.42. The molecule has 1 aromatic heterocycles. The zero-order valence-corrected chi connectivity index (χ0v) is 8.76. The summed E-state index contributed by atoms with van der Waals surface area (Å²) in [6, 6.07) is 0. The highest BCUT2D eigenvalue weighted by molar-refractivity contribution is 7.98. The topological polar surface area (TPSA) is 132 Å². The molecule has 0 saturated carbocycles. The molecule has 9 heteroatoms. The van der Waals surface area contributed by atoms with Gasteiger partial charge < -0.3 is 11.5 Å². The van der Waals surface area contributed by atoms with Gasteiger partial charge in [0.15, 0.2) is 21.7 Å². The maximum Gasteiger partial charge on any atom is 0.301 e. The molecular formula is C5H8N4O3S2. The van der Waals surface area contributed by atoms with Gasteiger partial charge in [-0.3, -0.25) is 4.55 Å². The third-order valence-corrected chi connectivity index (χ3v) is 2.82. The van der Waals surface area contributed by atoms with Crippen molar-refractivity contribution in [3.63, 3.8) is 0 Å². The molecule has 5 N–H and O–H groups in total. The molecule has 0 unspecified atom stereocenters. The van der Waals surface area contributed by atoms with E-state index in [2.05, 4.69) is 9.97 Å². The normalized spacial score (nSPS) is 11.6. The van der Waals surface area contributed by atoms with Crippen LogP contribution in [0.15, 0.2) is 10.1 Å². The summed E-state index contributed by atoms with van der Waals surface area (Å²) in [4.78, 5) is 6.62. The molecule has 0 aromatic carbocycles. The Balaban J connectivity index is 3.48. The molecule has 1 aromatic rings.